The van der Waals surface area contributed by atoms with E-state index < -0.39 is 12.5 Å². The Morgan fingerprint density at radius 2 is 1.40 bits per heavy atom. The molecular weight excluding hydrogens is 243 g/mol. The van der Waals surface area contributed by atoms with Crippen LogP contribution in [0.1, 0.15) is 13.8 Å². The molecule has 0 aromatic rings. The van der Waals surface area contributed by atoms with E-state index in [2.05, 4.69) is 10.6 Å². The monoisotopic (exact) mass is 256 g/mol. The van der Waals surface area contributed by atoms with Crippen LogP contribution < -0.4 is 10.6 Å². The highest BCUT2D eigenvalue weighted by Crippen LogP contribution is 1.93. The van der Waals surface area contributed by atoms with Gasteiger partial charge in [-0.2, -0.15) is 0 Å². The molecule has 0 heterocycles. The Labute approximate surface area is 98.4 Å². The molecule has 88 valence electrons. The molecule has 2 N–H and O–H groups in total. The zero-order chi connectivity index (χ0) is 11.8. The third kappa shape index (κ3) is 7.41. The molecule has 0 aliphatic carbocycles. The number of hydrogen-bond donors (Lipinski definition) is 2. The van der Waals surface area contributed by atoms with Crippen LogP contribution in [0.5, 0.6) is 0 Å². The van der Waals surface area contributed by atoms with E-state index in [9.17, 15) is 9.59 Å². The topological polar surface area (TPSA) is 67.4 Å². The largest absolute Gasteiger partial charge is 0.336 e. The molecule has 0 saturated heterocycles. The van der Waals surface area contributed by atoms with Gasteiger partial charge in [-0.1, -0.05) is 0 Å². The second-order valence-corrected chi connectivity index (χ2v) is 3.36. The predicted octanol–water partition coefficient (Wildman–Crippen LogP) is 0.405. The van der Waals surface area contributed by atoms with Crippen molar-refractivity contribution >= 4 is 35.0 Å². The van der Waals surface area contributed by atoms with Gasteiger partial charge in [-0.05, 0) is 13.8 Å². The summed E-state index contributed by atoms with van der Waals surface area (Å²) in [5.74, 6) is -0.924. The van der Waals surface area contributed by atoms with Crippen LogP contribution in [0.15, 0.2) is 0 Å². The Bertz CT molecular complexity index is 204. The summed E-state index contributed by atoms with van der Waals surface area (Å²) < 4.78 is 5.21. The second kappa shape index (κ2) is 7.73. The lowest BCUT2D eigenvalue weighted by molar-refractivity contribution is -0.128. The minimum absolute atomic E-state index is 0.129. The van der Waals surface area contributed by atoms with Crippen LogP contribution >= 0.6 is 23.2 Å². The number of alkyl halides is 2. The number of halogens is 2. The number of rotatable bonds is 6. The third-order valence-electron chi connectivity index (χ3n) is 1.38. The van der Waals surface area contributed by atoms with Crippen LogP contribution in [0.3, 0.4) is 0 Å². The first-order chi connectivity index (χ1) is 6.99. The average molecular weight is 257 g/mol. The second-order valence-electron chi connectivity index (χ2n) is 2.82. The van der Waals surface area contributed by atoms with Crippen molar-refractivity contribution in [3.05, 3.63) is 0 Å². The molecule has 0 aliphatic rings. The standard InChI is InChI=1S/C8H14Cl2N2O3/c1-5(11-7(13)3-9)15-6(2)12-8(14)4-10/h5-6H,3-4H2,1-2H3,(H,11,13)(H,12,14). The van der Waals surface area contributed by atoms with Crippen molar-refractivity contribution in [2.75, 3.05) is 11.8 Å². The predicted molar refractivity (Wildman–Crippen MR) is 57.7 cm³/mol. The van der Waals surface area contributed by atoms with E-state index in [0.29, 0.717) is 0 Å². The molecule has 0 aromatic heterocycles. The molecule has 2 unspecified atom stereocenters. The van der Waals surface area contributed by atoms with E-state index >= 15 is 0 Å². The van der Waals surface area contributed by atoms with Gasteiger partial charge in [0.25, 0.3) is 0 Å². The number of ether oxygens (including phenoxy) is 1. The van der Waals surface area contributed by atoms with Crippen LogP contribution in [0, 0.1) is 0 Å². The maximum absolute atomic E-state index is 10.9. The third-order valence-corrected chi connectivity index (χ3v) is 1.86. The van der Waals surface area contributed by atoms with Gasteiger partial charge in [0.05, 0.1) is 0 Å². The van der Waals surface area contributed by atoms with Gasteiger partial charge in [0.15, 0.2) is 0 Å². The van der Waals surface area contributed by atoms with Crippen molar-refractivity contribution in [1.82, 2.24) is 10.6 Å². The first-order valence-corrected chi connectivity index (χ1v) is 5.42. The smallest absolute Gasteiger partial charge is 0.236 e. The summed E-state index contributed by atoms with van der Waals surface area (Å²) in [7, 11) is 0. The first kappa shape index (κ1) is 14.5. The lowest BCUT2D eigenvalue weighted by Crippen LogP contribution is -2.43. The van der Waals surface area contributed by atoms with E-state index in [1.165, 1.54) is 0 Å². The summed E-state index contributed by atoms with van der Waals surface area (Å²) in [4.78, 5) is 21.7. The van der Waals surface area contributed by atoms with E-state index in [-0.39, 0.29) is 23.6 Å². The molecule has 2 amide bonds. The Morgan fingerprint density at radius 3 is 1.67 bits per heavy atom. The average Bonchev–Trinajstić information content (AvgIpc) is 2.16. The molecule has 0 aromatic carbocycles. The van der Waals surface area contributed by atoms with Gasteiger partial charge in [-0.15, -0.1) is 23.2 Å². The molecule has 0 spiro atoms. The molecular formula is C8H14Cl2N2O3. The first-order valence-electron chi connectivity index (χ1n) is 4.35. The van der Waals surface area contributed by atoms with Gasteiger partial charge in [-0.25, -0.2) is 0 Å². The Kier molecular flexibility index (Phi) is 7.46. The summed E-state index contributed by atoms with van der Waals surface area (Å²) in [5.41, 5.74) is 0. The van der Waals surface area contributed by atoms with Crippen LogP contribution in [0.2, 0.25) is 0 Å². The van der Waals surface area contributed by atoms with Gasteiger partial charge in [-0.3, -0.25) is 9.59 Å². The summed E-state index contributed by atoms with van der Waals surface area (Å²) in [6, 6.07) is 0. The van der Waals surface area contributed by atoms with Crippen molar-refractivity contribution in [3.8, 4) is 0 Å². The van der Waals surface area contributed by atoms with Crippen molar-refractivity contribution in [2.24, 2.45) is 0 Å². The van der Waals surface area contributed by atoms with Gasteiger partial charge in [0, 0.05) is 0 Å². The van der Waals surface area contributed by atoms with E-state index in [4.69, 9.17) is 27.9 Å². The van der Waals surface area contributed by atoms with Crippen LogP contribution in [-0.4, -0.2) is 36.0 Å². The molecule has 0 saturated carbocycles. The van der Waals surface area contributed by atoms with E-state index in [1.807, 2.05) is 0 Å². The number of nitrogens with one attached hydrogen (secondary N) is 2. The van der Waals surface area contributed by atoms with Gasteiger partial charge in [0.1, 0.15) is 24.2 Å². The maximum Gasteiger partial charge on any atom is 0.236 e. The van der Waals surface area contributed by atoms with Crippen molar-refractivity contribution in [1.29, 1.82) is 0 Å². The molecule has 0 radical (unpaired) electrons. The van der Waals surface area contributed by atoms with Crippen molar-refractivity contribution < 1.29 is 14.3 Å². The quantitative estimate of drug-likeness (QED) is 0.534. The van der Waals surface area contributed by atoms with Gasteiger partial charge < -0.3 is 15.4 Å². The molecule has 2 atom stereocenters. The van der Waals surface area contributed by atoms with Crippen molar-refractivity contribution in [2.45, 2.75) is 26.3 Å². The summed E-state index contributed by atoms with van der Waals surface area (Å²) >= 11 is 10.6. The molecule has 5 nitrogen and oxygen atoms in total. The van der Waals surface area contributed by atoms with E-state index in [1.54, 1.807) is 13.8 Å². The van der Waals surface area contributed by atoms with Crippen LogP contribution in [-0.2, 0) is 14.3 Å². The van der Waals surface area contributed by atoms with Gasteiger partial charge in [0.2, 0.25) is 11.8 Å². The fourth-order valence-corrected chi connectivity index (χ4v) is 1.06. The lowest BCUT2D eigenvalue weighted by Gasteiger charge is -2.20. The molecule has 0 aliphatic heterocycles. The number of hydrogen-bond acceptors (Lipinski definition) is 3. The normalized spacial score (nSPS) is 14.1. The zero-order valence-electron chi connectivity index (χ0n) is 8.55. The number of carbonyl (C=O) groups is 2. The highest BCUT2D eigenvalue weighted by Gasteiger charge is 2.12. The molecule has 7 heteroatoms. The SMILES string of the molecule is CC(NC(=O)CCl)OC(C)NC(=O)CCl. The highest BCUT2D eigenvalue weighted by atomic mass is 35.5. The Morgan fingerprint density at radius 1 is 1.07 bits per heavy atom. The summed E-state index contributed by atoms with van der Waals surface area (Å²) in [6.07, 6.45) is -1.05. The Hall–Kier alpha value is -0.520. The maximum atomic E-state index is 10.9. The number of amides is 2. The summed E-state index contributed by atoms with van der Waals surface area (Å²) in [5, 5.41) is 4.95. The fraction of sp³-hybridized carbons (Fsp3) is 0.750. The molecule has 0 bridgehead atoms. The fourth-order valence-electron chi connectivity index (χ4n) is 0.905. The highest BCUT2D eigenvalue weighted by molar-refractivity contribution is 6.27. The number of carbonyl (C=O) groups excluding carboxylic acids is 2. The van der Waals surface area contributed by atoms with Crippen LogP contribution in [0.4, 0.5) is 0 Å². The minimum Gasteiger partial charge on any atom is -0.336 e. The van der Waals surface area contributed by atoms with Crippen LogP contribution in [0.25, 0.3) is 0 Å². The van der Waals surface area contributed by atoms with E-state index in [0.717, 1.165) is 0 Å². The Balaban J connectivity index is 3.80. The molecule has 15 heavy (non-hydrogen) atoms. The zero-order valence-corrected chi connectivity index (χ0v) is 10.1. The lowest BCUT2D eigenvalue weighted by atomic mass is 10.5. The molecule has 0 fully saturated rings. The summed E-state index contributed by atoms with van der Waals surface area (Å²) in [6.45, 7) is 3.27. The van der Waals surface area contributed by atoms with Gasteiger partial charge >= 0.3 is 0 Å². The minimum atomic E-state index is -0.526. The van der Waals surface area contributed by atoms with Crippen molar-refractivity contribution in [3.63, 3.8) is 0 Å². The molecule has 0 rings (SSSR count).